The molecule has 1 aliphatic rings. The maximum absolute atomic E-state index is 13.8. The van der Waals surface area contributed by atoms with Crippen molar-refractivity contribution in [3.05, 3.63) is 88.5 Å². The minimum absolute atomic E-state index is 0.123. The van der Waals surface area contributed by atoms with Crippen molar-refractivity contribution in [1.82, 2.24) is 4.57 Å². The highest BCUT2D eigenvalue weighted by Crippen LogP contribution is 2.34. The molecule has 190 valence electrons. The third kappa shape index (κ3) is 5.24. The van der Waals surface area contributed by atoms with E-state index in [1.54, 1.807) is 36.6 Å². The van der Waals surface area contributed by atoms with Crippen molar-refractivity contribution in [3.63, 3.8) is 0 Å². The fourth-order valence-corrected chi connectivity index (χ4v) is 5.52. The number of methoxy groups -OCH3 is 1. The first-order chi connectivity index (χ1) is 17.8. The van der Waals surface area contributed by atoms with E-state index in [9.17, 15) is 9.59 Å². The summed E-state index contributed by atoms with van der Waals surface area (Å²) in [5.74, 6) is 0.336. The van der Waals surface area contributed by atoms with Crippen LogP contribution in [0.15, 0.2) is 61.9 Å². The van der Waals surface area contributed by atoms with Gasteiger partial charge in [0, 0.05) is 4.47 Å². The number of thiazole rings is 1. The molecule has 8 nitrogen and oxygen atoms in total. The van der Waals surface area contributed by atoms with Crippen LogP contribution in [0.25, 0.3) is 6.08 Å². The molecule has 0 radical (unpaired) electrons. The van der Waals surface area contributed by atoms with Gasteiger partial charge in [0.05, 0.1) is 35.6 Å². The molecule has 0 spiro atoms. The number of nitrogens with zero attached hydrogens (tertiary/aromatic N) is 3. The van der Waals surface area contributed by atoms with Gasteiger partial charge in [-0.2, -0.15) is 5.26 Å². The summed E-state index contributed by atoms with van der Waals surface area (Å²) in [5, 5.41) is 8.83. The van der Waals surface area contributed by atoms with Gasteiger partial charge in [-0.05, 0) is 50.1 Å². The monoisotopic (exact) mass is 581 g/mol. The number of hydrogen-bond acceptors (Lipinski definition) is 8. The van der Waals surface area contributed by atoms with Gasteiger partial charge >= 0.3 is 5.97 Å². The number of carbonyl (C=O) groups excluding carboxylic acids is 1. The Bertz CT molecular complexity index is 1610. The largest absolute Gasteiger partial charge is 0.493 e. The van der Waals surface area contributed by atoms with Crippen LogP contribution in [-0.2, 0) is 9.53 Å². The second-order valence-corrected chi connectivity index (χ2v) is 10.0. The first-order valence-corrected chi connectivity index (χ1v) is 13.0. The van der Waals surface area contributed by atoms with Crippen molar-refractivity contribution >= 4 is 39.3 Å². The molecule has 2 heterocycles. The second-order valence-electron chi connectivity index (χ2n) is 8.18. The van der Waals surface area contributed by atoms with Gasteiger partial charge in [-0.1, -0.05) is 57.1 Å². The number of halogens is 1. The molecule has 1 aliphatic heterocycles. The lowest BCUT2D eigenvalue weighted by molar-refractivity contribution is -0.139. The van der Waals surface area contributed by atoms with Crippen molar-refractivity contribution in [2.45, 2.75) is 26.8 Å². The molecule has 1 atom stereocenters. The molecule has 0 fully saturated rings. The van der Waals surface area contributed by atoms with Crippen molar-refractivity contribution < 1.29 is 19.0 Å². The number of aryl methyl sites for hydroxylation is 1. The number of carbonyl (C=O) groups is 1. The summed E-state index contributed by atoms with van der Waals surface area (Å²) in [7, 11) is 1.50. The lowest BCUT2D eigenvalue weighted by Gasteiger charge is -2.24. The molecular formula is C27H24BrN3O5S. The Balaban J connectivity index is 1.91. The number of benzene rings is 2. The van der Waals surface area contributed by atoms with Crippen LogP contribution in [0.4, 0.5) is 0 Å². The number of fused-ring (bicyclic) bond motifs is 1. The molecule has 0 unspecified atom stereocenters. The second kappa shape index (κ2) is 11.2. The average Bonchev–Trinajstić information content (AvgIpc) is 3.18. The number of ether oxygens (including phenoxy) is 3. The van der Waals surface area contributed by atoms with Gasteiger partial charge in [0.25, 0.3) is 5.56 Å². The molecule has 2 aromatic carbocycles. The van der Waals surface area contributed by atoms with Gasteiger partial charge in [0.15, 0.2) is 22.9 Å². The van der Waals surface area contributed by atoms with E-state index in [-0.39, 0.29) is 18.8 Å². The third-order valence-corrected chi connectivity index (χ3v) is 7.44. The van der Waals surface area contributed by atoms with E-state index in [1.807, 2.05) is 37.3 Å². The zero-order valence-electron chi connectivity index (χ0n) is 20.7. The molecule has 10 heteroatoms. The maximum atomic E-state index is 13.8. The van der Waals surface area contributed by atoms with E-state index >= 15 is 0 Å². The molecule has 0 saturated heterocycles. The SMILES string of the molecule is CCOC(=O)C1=C(C)N=c2s/c(=C/c3cc(OC)c(OCC#N)cc3Br)c(=O)n2[C@H]1c1ccc(C)cc1. The fourth-order valence-electron chi connectivity index (χ4n) is 4.04. The maximum Gasteiger partial charge on any atom is 0.338 e. The Morgan fingerprint density at radius 2 is 1.97 bits per heavy atom. The number of nitriles is 1. The summed E-state index contributed by atoms with van der Waals surface area (Å²) < 4.78 is 18.8. The van der Waals surface area contributed by atoms with Crippen molar-refractivity contribution in [2.24, 2.45) is 4.99 Å². The number of hydrogen-bond donors (Lipinski definition) is 0. The molecule has 3 aromatic rings. The first-order valence-electron chi connectivity index (χ1n) is 11.4. The van der Waals surface area contributed by atoms with E-state index in [0.29, 0.717) is 42.1 Å². The Labute approximate surface area is 225 Å². The van der Waals surface area contributed by atoms with E-state index in [2.05, 4.69) is 20.9 Å². The molecule has 4 rings (SSSR count). The summed E-state index contributed by atoms with van der Waals surface area (Å²) in [6.07, 6.45) is 1.74. The number of esters is 1. The van der Waals surface area contributed by atoms with Crippen LogP contribution in [0.1, 0.15) is 36.6 Å². The Kier molecular flexibility index (Phi) is 7.95. The molecule has 37 heavy (non-hydrogen) atoms. The van der Waals surface area contributed by atoms with Gasteiger partial charge in [0.1, 0.15) is 6.07 Å². The quantitative estimate of drug-likeness (QED) is 0.393. The molecule has 0 aliphatic carbocycles. The summed E-state index contributed by atoms with van der Waals surface area (Å²) in [6.45, 7) is 5.57. The minimum Gasteiger partial charge on any atom is -0.493 e. The van der Waals surface area contributed by atoms with Crippen LogP contribution in [0.5, 0.6) is 11.5 Å². The number of rotatable bonds is 7. The molecule has 0 saturated carbocycles. The normalized spacial score (nSPS) is 15.0. The van der Waals surface area contributed by atoms with Gasteiger partial charge in [-0.25, -0.2) is 9.79 Å². The smallest absolute Gasteiger partial charge is 0.338 e. The van der Waals surface area contributed by atoms with Crippen molar-refractivity contribution in [1.29, 1.82) is 5.26 Å². The minimum atomic E-state index is -0.669. The van der Waals surface area contributed by atoms with Crippen LogP contribution in [-0.4, -0.2) is 30.9 Å². The standard InChI is InChI=1S/C27H24BrN3O5S/c1-5-35-26(33)23-16(3)30-27-31(24(23)17-8-6-15(2)7-9-17)25(32)22(37-27)13-18-12-20(34-4)21(14-19(18)28)36-11-10-29/h6-9,12-14,24H,5,11H2,1-4H3/b22-13+/t24-/m0/s1. The van der Waals surface area contributed by atoms with E-state index in [0.717, 1.165) is 11.1 Å². The lowest BCUT2D eigenvalue weighted by atomic mass is 9.95. The van der Waals surface area contributed by atoms with Gasteiger partial charge < -0.3 is 14.2 Å². The highest BCUT2D eigenvalue weighted by atomic mass is 79.9. The van der Waals surface area contributed by atoms with Crippen LogP contribution in [0.2, 0.25) is 0 Å². The van der Waals surface area contributed by atoms with Crippen LogP contribution in [0.3, 0.4) is 0 Å². The number of aromatic nitrogens is 1. The Hall–Kier alpha value is -3.68. The van der Waals surface area contributed by atoms with Crippen LogP contribution >= 0.6 is 27.3 Å². The van der Waals surface area contributed by atoms with E-state index in [4.69, 9.17) is 19.5 Å². The molecular weight excluding hydrogens is 558 g/mol. The molecule has 0 bridgehead atoms. The van der Waals surface area contributed by atoms with Gasteiger partial charge in [0.2, 0.25) is 0 Å². The summed E-state index contributed by atoms with van der Waals surface area (Å²) in [4.78, 5) is 31.9. The zero-order chi connectivity index (χ0) is 26.7. The Morgan fingerprint density at radius 3 is 2.62 bits per heavy atom. The number of allylic oxidation sites excluding steroid dienone is 1. The summed E-state index contributed by atoms with van der Waals surface area (Å²) in [6, 6.07) is 12.4. The van der Waals surface area contributed by atoms with Crippen molar-refractivity contribution in [2.75, 3.05) is 20.3 Å². The Morgan fingerprint density at radius 1 is 1.24 bits per heavy atom. The van der Waals surface area contributed by atoms with E-state index in [1.165, 1.54) is 18.4 Å². The fraction of sp³-hybridized carbons (Fsp3) is 0.259. The van der Waals surface area contributed by atoms with Gasteiger partial charge in [-0.3, -0.25) is 9.36 Å². The molecule has 0 amide bonds. The van der Waals surface area contributed by atoms with E-state index < -0.39 is 12.0 Å². The molecule has 0 N–H and O–H groups in total. The topological polar surface area (TPSA) is 103 Å². The highest BCUT2D eigenvalue weighted by Gasteiger charge is 2.33. The average molecular weight is 582 g/mol. The highest BCUT2D eigenvalue weighted by molar-refractivity contribution is 9.10. The summed E-state index contributed by atoms with van der Waals surface area (Å²) in [5.41, 5.74) is 3.11. The van der Waals surface area contributed by atoms with Crippen LogP contribution < -0.4 is 24.4 Å². The predicted octanol–water partition coefficient (Wildman–Crippen LogP) is 3.78. The summed E-state index contributed by atoms with van der Waals surface area (Å²) >= 11 is 4.76. The predicted molar refractivity (Wildman–Crippen MR) is 143 cm³/mol. The molecule has 1 aromatic heterocycles. The van der Waals surface area contributed by atoms with Crippen LogP contribution in [0, 0.1) is 18.3 Å². The van der Waals surface area contributed by atoms with Crippen molar-refractivity contribution in [3.8, 4) is 17.6 Å². The first kappa shape index (κ1) is 26.4. The lowest BCUT2D eigenvalue weighted by Crippen LogP contribution is -2.39. The zero-order valence-corrected chi connectivity index (χ0v) is 23.1. The third-order valence-electron chi connectivity index (χ3n) is 5.77. The van der Waals surface area contributed by atoms with Gasteiger partial charge in [-0.15, -0.1) is 0 Å².